The topological polar surface area (TPSA) is 95.5 Å². The number of nitrogens with one attached hydrogen (secondary N) is 2. The highest BCUT2D eigenvalue weighted by molar-refractivity contribution is 7.89. The van der Waals surface area contributed by atoms with Crippen molar-refractivity contribution in [1.29, 1.82) is 0 Å². The van der Waals surface area contributed by atoms with Gasteiger partial charge >= 0.3 is 5.97 Å². The highest BCUT2D eigenvalue weighted by Gasteiger charge is 2.21. The van der Waals surface area contributed by atoms with Crippen molar-refractivity contribution in [3.63, 3.8) is 0 Å². The molecule has 0 radical (unpaired) electrons. The number of hydrogen-bond donors (Lipinski definition) is 3. The lowest BCUT2D eigenvalue weighted by atomic mass is 10.2. The summed E-state index contributed by atoms with van der Waals surface area (Å²) < 4.78 is 27.4. The third-order valence-corrected chi connectivity index (χ3v) is 4.36. The lowest BCUT2D eigenvalue weighted by Gasteiger charge is -2.16. The number of carbonyl (C=O) groups is 1. The molecule has 0 unspecified atom stereocenters. The lowest BCUT2D eigenvalue weighted by Crippen LogP contribution is -2.28. The van der Waals surface area contributed by atoms with E-state index in [1.165, 1.54) is 18.2 Å². The summed E-state index contributed by atoms with van der Waals surface area (Å²) in [6.45, 7) is 8.69. The van der Waals surface area contributed by atoms with Gasteiger partial charge in [0.05, 0.1) is 11.3 Å². The van der Waals surface area contributed by atoms with Gasteiger partial charge in [-0.2, -0.15) is 0 Å². The van der Waals surface area contributed by atoms with Gasteiger partial charge < -0.3 is 10.4 Å². The maximum atomic E-state index is 12.4. The van der Waals surface area contributed by atoms with E-state index in [9.17, 15) is 13.2 Å². The Morgan fingerprint density at radius 3 is 2.23 bits per heavy atom. The fourth-order valence-corrected chi connectivity index (χ4v) is 3.11. The van der Waals surface area contributed by atoms with Gasteiger partial charge in [-0.15, -0.1) is 0 Å². The average molecular weight is 328 g/mol. The van der Waals surface area contributed by atoms with Gasteiger partial charge in [0, 0.05) is 13.1 Å². The molecule has 7 heteroatoms. The largest absolute Gasteiger partial charge is 0.478 e. The second-order valence-electron chi connectivity index (χ2n) is 6.04. The molecule has 1 aromatic rings. The van der Waals surface area contributed by atoms with Gasteiger partial charge in [0.2, 0.25) is 10.0 Å². The van der Waals surface area contributed by atoms with Crippen LogP contribution in [0.25, 0.3) is 0 Å². The molecule has 0 aliphatic rings. The summed E-state index contributed by atoms with van der Waals surface area (Å²) in [5, 5.41) is 12.1. The summed E-state index contributed by atoms with van der Waals surface area (Å²) in [6.07, 6.45) is 0. The van der Waals surface area contributed by atoms with Gasteiger partial charge in [0.25, 0.3) is 0 Å². The van der Waals surface area contributed by atoms with Crippen LogP contribution in [0.2, 0.25) is 0 Å². The molecule has 0 saturated heterocycles. The molecule has 0 amide bonds. The van der Waals surface area contributed by atoms with E-state index in [1.54, 1.807) is 0 Å². The van der Waals surface area contributed by atoms with Gasteiger partial charge in [0.15, 0.2) is 0 Å². The second kappa shape index (κ2) is 7.60. The molecular formula is C15H24N2O4S. The summed E-state index contributed by atoms with van der Waals surface area (Å²) in [5.41, 5.74) is 0.356. The molecule has 0 aliphatic carbocycles. The first-order chi connectivity index (χ1) is 10.1. The summed E-state index contributed by atoms with van der Waals surface area (Å²) in [6, 6.07) is 4.08. The van der Waals surface area contributed by atoms with E-state index >= 15 is 0 Å². The molecule has 3 N–H and O–H groups in total. The van der Waals surface area contributed by atoms with Crippen molar-refractivity contribution in [3.05, 3.63) is 23.8 Å². The first kappa shape index (κ1) is 18.4. The van der Waals surface area contributed by atoms with Gasteiger partial charge in [0.1, 0.15) is 4.90 Å². The zero-order chi connectivity index (χ0) is 16.9. The molecule has 0 aromatic heterocycles. The maximum Gasteiger partial charge on any atom is 0.335 e. The summed E-state index contributed by atoms with van der Waals surface area (Å²) >= 11 is 0. The number of sulfonamides is 1. The minimum atomic E-state index is -3.77. The third kappa shape index (κ3) is 5.31. The molecule has 1 rings (SSSR count). The van der Waals surface area contributed by atoms with Gasteiger partial charge in [-0.1, -0.05) is 27.7 Å². The van der Waals surface area contributed by atoms with E-state index in [4.69, 9.17) is 5.11 Å². The quantitative estimate of drug-likeness (QED) is 0.681. The van der Waals surface area contributed by atoms with Crippen LogP contribution in [0, 0.1) is 11.8 Å². The number of carboxylic acids is 1. The number of aromatic carboxylic acids is 1. The molecule has 22 heavy (non-hydrogen) atoms. The Labute approximate surface area is 132 Å². The van der Waals surface area contributed by atoms with E-state index in [1.807, 2.05) is 27.7 Å². The Balaban J connectivity index is 3.21. The minimum absolute atomic E-state index is 0.0336. The van der Waals surface area contributed by atoms with Crippen molar-refractivity contribution in [3.8, 4) is 0 Å². The van der Waals surface area contributed by atoms with Crippen LogP contribution in [0.5, 0.6) is 0 Å². The molecule has 124 valence electrons. The molecular weight excluding hydrogens is 304 g/mol. The van der Waals surface area contributed by atoms with Gasteiger partial charge in [-0.25, -0.2) is 17.9 Å². The van der Waals surface area contributed by atoms with Crippen molar-refractivity contribution in [1.82, 2.24) is 4.72 Å². The first-order valence-electron chi connectivity index (χ1n) is 7.24. The maximum absolute atomic E-state index is 12.4. The molecule has 6 nitrogen and oxygen atoms in total. The second-order valence-corrected chi connectivity index (χ2v) is 7.77. The van der Waals surface area contributed by atoms with E-state index in [-0.39, 0.29) is 16.4 Å². The van der Waals surface area contributed by atoms with Gasteiger partial charge in [-0.05, 0) is 30.0 Å². The zero-order valence-corrected chi connectivity index (χ0v) is 14.2. The van der Waals surface area contributed by atoms with Crippen molar-refractivity contribution in [2.45, 2.75) is 32.6 Å². The van der Waals surface area contributed by atoms with Crippen LogP contribution in [-0.2, 0) is 10.0 Å². The number of benzene rings is 1. The smallest absolute Gasteiger partial charge is 0.335 e. The average Bonchev–Trinajstić information content (AvgIpc) is 2.42. The van der Waals surface area contributed by atoms with Crippen LogP contribution in [0.4, 0.5) is 5.69 Å². The van der Waals surface area contributed by atoms with E-state index in [0.717, 1.165) is 0 Å². The van der Waals surface area contributed by atoms with Crippen LogP contribution in [-0.4, -0.2) is 32.6 Å². The Morgan fingerprint density at radius 1 is 1.14 bits per heavy atom. The molecule has 0 fully saturated rings. The molecule has 0 atom stereocenters. The molecule has 0 heterocycles. The third-order valence-electron chi connectivity index (χ3n) is 2.90. The predicted molar refractivity (Wildman–Crippen MR) is 86.8 cm³/mol. The van der Waals surface area contributed by atoms with Crippen LogP contribution in [0.3, 0.4) is 0 Å². The monoisotopic (exact) mass is 328 g/mol. The zero-order valence-electron chi connectivity index (χ0n) is 13.4. The van der Waals surface area contributed by atoms with E-state index < -0.39 is 16.0 Å². The highest BCUT2D eigenvalue weighted by atomic mass is 32.2. The SMILES string of the molecule is CC(C)CNc1ccc(C(=O)O)cc1S(=O)(=O)NCC(C)C. The van der Waals surface area contributed by atoms with Crippen LogP contribution in [0.1, 0.15) is 38.1 Å². The van der Waals surface area contributed by atoms with Crippen molar-refractivity contribution in [2.75, 3.05) is 18.4 Å². The molecule has 0 spiro atoms. The van der Waals surface area contributed by atoms with Crippen LogP contribution < -0.4 is 10.0 Å². The Kier molecular flexibility index (Phi) is 6.37. The number of carboxylic acid groups (broad SMARTS) is 1. The number of hydrogen-bond acceptors (Lipinski definition) is 4. The molecule has 0 bridgehead atoms. The van der Waals surface area contributed by atoms with Crippen molar-refractivity contribution in [2.24, 2.45) is 11.8 Å². The number of rotatable bonds is 8. The lowest BCUT2D eigenvalue weighted by molar-refractivity contribution is 0.0696. The Bertz CT molecular complexity index is 624. The minimum Gasteiger partial charge on any atom is -0.478 e. The summed E-state index contributed by atoms with van der Waals surface area (Å²) in [4.78, 5) is 11.1. The van der Waals surface area contributed by atoms with Crippen LogP contribution in [0.15, 0.2) is 23.1 Å². The predicted octanol–water partition coefficient (Wildman–Crippen LogP) is 2.39. The number of anilines is 1. The van der Waals surface area contributed by atoms with Crippen molar-refractivity contribution >= 4 is 21.7 Å². The molecule has 0 aliphatic heterocycles. The standard InChI is InChI=1S/C15H24N2O4S/c1-10(2)8-16-13-6-5-12(15(18)19)7-14(13)22(20,21)17-9-11(3)4/h5-7,10-11,16-17H,8-9H2,1-4H3,(H,18,19). The summed E-state index contributed by atoms with van der Waals surface area (Å²) in [5.74, 6) is -0.668. The van der Waals surface area contributed by atoms with Crippen LogP contribution >= 0.6 is 0 Å². The highest BCUT2D eigenvalue weighted by Crippen LogP contribution is 2.23. The van der Waals surface area contributed by atoms with Gasteiger partial charge in [-0.3, -0.25) is 0 Å². The Hall–Kier alpha value is -1.60. The molecule has 0 saturated carbocycles. The molecule has 1 aromatic carbocycles. The fraction of sp³-hybridized carbons (Fsp3) is 0.533. The normalized spacial score (nSPS) is 11.9. The first-order valence-corrected chi connectivity index (χ1v) is 8.72. The fourth-order valence-electron chi connectivity index (χ4n) is 1.69. The summed E-state index contributed by atoms with van der Waals surface area (Å²) in [7, 11) is -3.77. The van der Waals surface area contributed by atoms with Crippen molar-refractivity contribution < 1.29 is 18.3 Å². The van der Waals surface area contributed by atoms with E-state index in [0.29, 0.717) is 24.7 Å². The Morgan fingerprint density at radius 2 is 1.73 bits per heavy atom. The van der Waals surface area contributed by atoms with E-state index in [2.05, 4.69) is 10.0 Å².